The van der Waals surface area contributed by atoms with Crippen LogP contribution < -0.4 is 10.6 Å². The van der Waals surface area contributed by atoms with E-state index in [-0.39, 0.29) is 17.7 Å². The van der Waals surface area contributed by atoms with Gasteiger partial charge in [-0.15, -0.1) is 0 Å². The molecule has 0 saturated carbocycles. The number of rotatable bonds is 7. The average Bonchev–Trinajstić information content (AvgIpc) is 3.12. The maximum absolute atomic E-state index is 12.4. The lowest BCUT2D eigenvalue weighted by molar-refractivity contribution is -0.121. The standard InChI is InChI=1S/C23H26N4O2/c1-2-3-8-21-25-19-11-10-17(14-20(19)26-21)24-22(28)12-9-16-13-15-6-4-5-7-18(15)27-23(16)29/h4-7,10-11,14,16H,2-3,8-9,12-13H2,1H3,(H,24,28)(H,25,26)(H,27,29)/t16-/m1/s1. The number of amides is 2. The molecule has 2 heterocycles. The molecular weight excluding hydrogens is 364 g/mol. The van der Waals surface area contributed by atoms with Gasteiger partial charge >= 0.3 is 0 Å². The minimum absolute atomic E-state index is 0.00464. The van der Waals surface area contributed by atoms with Gasteiger partial charge in [-0.1, -0.05) is 31.5 Å². The van der Waals surface area contributed by atoms with Crippen LogP contribution in [-0.2, 0) is 22.4 Å². The Hall–Kier alpha value is -3.15. The SMILES string of the molecule is CCCCc1nc2ccc(NC(=O)CC[C@@H]3Cc4ccccc4NC3=O)cc2[nH]1. The van der Waals surface area contributed by atoms with Crippen LogP contribution in [0.1, 0.15) is 44.0 Å². The third-order valence-corrected chi connectivity index (χ3v) is 5.41. The first kappa shape index (κ1) is 19.2. The van der Waals surface area contributed by atoms with Gasteiger partial charge in [-0.05, 0) is 49.1 Å². The van der Waals surface area contributed by atoms with Crippen molar-refractivity contribution in [2.24, 2.45) is 5.92 Å². The van der Waals surface area contributed by atoms with Gasteiger partial charge in [-0.25, -0.2) is 4.98 Å². The smallest absolute Gasteiger partial charge is 0.227 e. The Kier molecular flexibility index (Phi) is 5.60. The number of nitrogens with one attached hydrogen (secondary N) is 3. The Morgan fingerprint density at radius 1 is 1.24 bits per heavy atom. The van der Waals surface area contributed by atoms with Crippen LogP contribution in [0.2, 0.25) is 0 Å². The van der Waals surface area contributed by atoms with Crippen LogP contribution in [0.4, 0.5) is 11.4 Å². The van der Waals surface area contributed by atoms with Crippen molar-refractivity contribution in [3.05, 3.63) is 53.9 Å². The van der Waals surface area contributed by atoms with Gasteiger partial charge in [0.05, 0.1) is 11.0 Å². The summed E-state index contributed by atoms with van der Waals surface area (Å²) >= 11 is 0. The molecule has 3 N–H and O–H groups in total. The number of H-pyrrole nitrogens is 1. The monoisotopic (exact) mass is 390 g/mol. The van der Waals surface area contributed by atoms with Crippen LogP contribution in [0.3, 0.4) is 0 Å². The maximum Gasteiger partial charge on any atom is 0.227 e. The number of aromatic nitrogens is 2. The Morgan fingerprint density at radius 2 is 2.10 bits per heavy atom. The lowest BCUT2D eigenvalue weighted by Crippen LogP contribution is -2.30. The number of carbonyl (C=O) groups excluding carboxylic acids is 2. The Labute approximate surface area is 170 Å². The third kappa shape index (κ3) is 4.47. The number of aryl methyl sites for hydroxylation is 1. The molecule has 0 spiro atoms. The van der Waals surface area contributed by atoms with E-state index in [0.29, 0.717) is 19.3 Å². The summed E-state index contributed by atoms with van der Waals surface area (Å²) in [7, 11) is 0. The second-order valence-electron chi connectivity index (χ2n) is 7.65. The topological polar surface area (TPSA) is 86.9 Å². The molecule has 0 bridgehead atoms. The molecule has 150 valence electrons. The molecule has 0 unspecified atom stereocenters. The van der Waals surface area contributed by atoms with E-state index >= 15 is 0 Å². The molecule has 1 aromatic heterocycles. The number of nitrogens with zero attached hydrogens (tertiary/aromatic N) is 1. The third-order valence-electron chi connectivity index (χ3n) is 5.41. The molecule has 3 aromatic rings. The average molecular weight is 390 g/mol. The first-order valence-electron chi connectivity index (χ1n) is 10.3. The van der Waals surface area contributed by atoms with Crippen LogP contribution in [0, 0.1) is 5.92 Å². The van der Waals surface area contributed by atoms with Crippen LogP contribution in [0.15, 0.2) is 42.5 Å². The van der Waals surface area contributed by atoms with Gasteiger partial charge < -0.3 is 15.6 Å². The molecule has 0 radical (unpaired) electrons. The van der Waals surface area contributed by atoms with Gasteiger partial charge in [0, 0.05) is 30.1 Å². The quantitative estimate of drug-likeness (QED) is 0.557. The van der Waals surface area contributed by atoms with Crippen molar-refractivity contribution in [1.82, 2.24) is 9.97 Å². The van der Waals surface area contributed by atoms with Gasteiger partial charge in [0.25, 0.3) is 0 Å². The molecule has 0 saturated heterocycles. The van der Waals surface area contributed by atoms with Gasteiger partial charge in [-0.3, -0.25) is 9.59 Å². The summed E-state index contributed by atoms with van der Waals surface area (Å²) < 4.78 is 0. The fourth-order valence-electron chi connectivity index (χ4n) is 3.78. The van der Waals surface area contributed by atoms with E-state index < -0.39 is 0 Å². The number of benzene rings is 2. The van der Waals surface area contributed by atoms with Crippen molar-refractivity contribution < 1.29 is 9.59 Å². The molecule has 1 aliphatic heterocycles. The van der Waals surface area contributed by atoms with Crippen molar-refractivity contribution in [2.45, 2.75) is 45.4 Å². The Morgan fingerprint density at radius 3 is 2.97 bits per heavy atom. The summed E-state index contributed by atoms with van der Waals surface area (Å²) in [4.78, 5) is 32.6. The number of hydrogen-bond acceptors (Lipinski definition) is 3. The van der Waals surface area contributed by atoms with E-state index in [1.807, 2.05) is 42.5 Å². The number of carbonyl (C=O) groups is 2. The molecule has 1 atom stereocenters. The van der Waals surface area contributed by atoms with E-state index in [2.05, 4.69) is 27.5 Å². The van der Waals surface area contributed by atoms with E-state index in [1.54, 1.807) is 0 Å². The summed E-state index contributed by atoms with van der Waals surface area (Å²) in [5.74, 6) is 0.720. The Balaban J connectivity index is 1.34. The summed E-state index contributed by atoms with van der Waals surface area (Å²) in [6, 6.07) is 13.5. The van der Waals surface area contributed by atoms with Crippen LogP contribution >= 0.6 is 0 Å². The molecular formula is C23H26N4O2. The van der Waals surface area contributed by atoms with Gasteiger partial charge in [0.15, 0.2) is 0 Å². The fourth-order valence-corrected chi connectivity index (χ4v) is 3.78. The maximum atomic E-state index is 12.4. The first-order valence-corrected chi connectivity index (χ1v) is 10.3. The van der Waals surface area contributed by atoms with Gasteiger partial charge in [0.1, 0.15) is 5.82 Å². The Bertz CT molecular complexity index is 1040. The molecule has 6 nitrogen and oxygen atoms in total. The molecule has 0 fully saturated rings. The fraction of sp³-hybridized carbons (Fsp3) is 0.348. The predicted octanol–water partition coefficient (Wildman–Crippen LogP) is 4.44. The zero-order chi connectivity index (χ0) is 20.2. The van der Waals surface area contributed by atoms with E-state index in [0.717, 1.165) is 53.1 Å². The van der Waals surface area contributed by atoms with E-state index in [9.17, 15) is 9.59 Å². The zero-order valence-electron chi connectivity index (χ0n) is 16.6. The second-order valence-corrected chi connectivity index (χ2v) is 7.65. The van der Waals surface area contributed by atoms with E-state index in [1.165, 1.54) is 0 Å². The summed E-state index contributed by atoms with van der Waals surface area (Å²) in [5.41, 5.74) is 4.58. The van der Waals surface area contributed by atoms with E-state index in [4.69, 9.17) is 0 Å². The number of imidazole rings is 1. The highest BCUT2D eigenvalue weighted by Crippen LogP contribution is 2.27. The molecule has 2 aromatic carbocycles. The van der Waals surface area contributed by atoms with Crippen molar-refractivity contribution in [3.63, 3.8) is 0 Å². The van der Waals surface area contributed by atoms with Gasteiger partial charge in [0.2, 0.25) is 11.8 Å². The van der Waals surface area contributed by atoms with Crippen LogP contribution in [-0.4, -0.2) is 21.8 Å². The second kappa shape index (κ2) is 8.47. The lowest BCUT2D eigenvalue weighted by Gasteiger charge is -2.24. The molecule has 1 aliphatic rings. The zero-order valence-corrected chi connectivity index (χ0v) is 16.6. The van der Waals surface area contributed by atoms with Crippen LogP contribution in [0.25, 0.3) is 11.0 Å². The number of fused-ring (bicyclic) bond motifs is 2. The normalized spacial score (nSPS) is 15.8. The lowest BCUT2D eigenvalue weighted by atomic mass is 9.89. The summed E-state index contributed by atoms with van der Waals surface area (Å²) in [6.07, 6.45) is 4.67. The van der Waals surface area contributed by atoms with Crippen LogP contribution in [0.5, 0.6) is 0 Å². The number of para-hydroxylation sites is 1. The molecule has 2 amide bonds. The van der Waals surface area contributed by atoms with Crippen molar-refractivity contribution in [2.75, 3.05) is 10.6 Å². The summed E-state index contributed by atoms with van der Waals surface area (Å²) in [5, 5.41) is 5.88. The largest absolute Gasteiger partial charge is 0.342 e. The highest BCUT2D eigenvalue weighted by atomic mass is 16.2. The predicted molar refractivity (Wildman–Crippen MR) is 115 cm³/mol. The molecule has 0 aliphatic carbocycles. The van der Waals surface area contributed by atoms with Crippen molar-refractivity contribution in [3.8, 4) is 0 Å². The number of hydrogen-bond donors (Lipinski definition) is 3. The molecule has 6 heteroatoms. The van der Waals surface area contributed by atoms with Crippen molar-refractivity contribution >= 4 is 34.2 Å². The molecule has 4 rings (SSSR count). The van der Waals surface area contributed by atoms with Gasteiger partial charge in [-0.2, -0.15) is 0 Å². The number of unbranched alkanes of at least 4 members (excludes halogenated alkanes) is 1. The molecule has 29 heavy (non-hydrogen) atoms. The minimum Gasteiger partial charge on any atom is -0.342 e. The van der Waals surface area contributed by atoms with Crippen molar-refractivity contribution in [1.29, 1.82) is 0 Å². The highest BCUT2D eigenvalue weighted by molar-refractivity contribution is 5.97. The number of anilines is 2. The first-order chi connectivity index (χ1) is 14.1. The summed E-state index contributed by atoms with van der Waals surface area (Å²) in [6.45, 7) is 2.16. The number of aromatic amines is 1. The minimum atomic E-state index is -0.174. The highest BCUT2D eigenvalue weighted by Gasteiger charge is 2.26.